The van der Waals surface area contributed by atoms with E-state index < -0.39 is 0 Å². The highest BCUT2D eigenvalue weighted by molar-refractivity contribution is 5.90. The van der Waals surface area contributed by atoms with E-state index in [9.17, 15) is 4.79 Å². The molecule has 0 aliphatic rings. The van der Waals surface area contributed by atoms with E-state index in [2.05, 4.69) is 15.5 Å². The van der Waals surface area contributed by atoms with E-state index >= 15 is 0 Å². The Hall–Kier alpha value is -1.43. The first-order valence-corrected chi connectivity index (χ1v) is 5.34. The third-order valence-electron chi connectivity index (χ3n) is 2.17. The van der Waals surface area contributed by atoms with Gasteiger partial charge in [-0.25, -0.2) is 0 Å². The molecule has 1 atom stereocenters. The predicted octanol–water partition coefficient (Wildman–Crippen LogP) is 0.938. The molecule has 1 heterocycles. The zero-order valence-corrected chi connectivity index (χ0v) is 9.86. The second kappa shape index (κ2) is 5.60. The summed E-state index contributed by atoms with van der Waals surface area (Å²) in [5, 5.41) is 9.88. The summed E-state index contributed by atoms with van der Waals surface area (Å²) in [6.45, 7) is 6.08. The normalized spacial score (nSPS) is 12.8. The zero-order chi connectivity index (χ0) is 12.1. The van der Waals surface area contributed by atoms with E-state index in [-0.39, 0.29) is 17.8 Å². The second-order valence-corrected chi connectivity index (χ2v) is 4.18. The Morgan fingerprint density at radius 1 is 1.50 bits per heavy atom. The van der Waals surface area contributed by atoms with Crippen LogP contribution in [0, 0.1) is 18.8 Å². The van der Waals surface area contributed by atoms with Crippen molar-refractivity contribution in [1.29, 1.82) is 0 Å². The fourth-order valence-electron chi connectivity index (χ4n) is 1.43. The maximum absolute atomic E-state index is 11.8. The van der Waals surface area contributed by atoms with Gasteiger partial charge in [0.1, 0.15) is 0 Å². The van der Waals surface area contributed by atoms with Crippen molar-refractivity contribution in [2.45, 2.75) is 27.2 Å². The standard InChI is InChI=1S/C10H18N4O2/c1-6(2)4-8(5-11)9(15)12-10-14-13-7(3)16-10/h6,8H,4-5,11H2,1-3H3,(H,12,14,15). The maximum atomic E-state index is 11.8. The van der Waals surface area contributed by atoms with E-state index in [1.807, 2.05) is 13.8 Å². The molecule has 1 unspecified atom stereocenters. The molecular weight excluding hydrogens is 208 g/mol. The van der Waals surface area contributed by atoms with Crippen LogP contribution in [0.2, 0.25) is 0 Å². The predicted molar refractivity (Wildman–Crippen MR) is 59.7 cm³/mol. The van der Waals surface area contributed by atoms with Crippen LogP contribution in [-0.4, -0.2) is 22.6 Å². The van der Waals surface area contributed by atoms with Crippen LogP contribution >= 0.6 is 0 Å². The van der Waals surface area contributed by atoms with Crippen molar-refractivity contribution in [3.8, 4) is 0 Å². The lowest BCUT2D eigenvalue weighted by Crippen LogP contribution is -2.30. The van der Waals surface area contributed by atoms with E-state index in [1.165, 1.54) is 0 Å². The van der Waals surface area contributed by atoms with Crippen molar-refractivity contribution in [3.05, 3.63) is 5.89 Å². The summed E-state index contributed by atoms with van der Waals surface area (Å²) in [5.74, 6) is 0.458. The smallest absolute Gasteiger partial charge is 0.322 e. The molecule has 1 aromatic rings. The van der Waals surface area contributed by atoms with E-state index in [4.69, 9.17) is 10.2 Å². The molecular formula is C10H18N4O2. The van der Waals surface area contributed by atoms with Gasteiger partial charge in [0.2, 0.25) is 11.8 Å². The second-order valence-electron chi connectivity index (χ2n) is 4.18. The highest BCUT2D eigenvalue weighted by Gasteiger charge is 2.19. The number of nitrogens with zero attached hydrogens (tertiary/aromatic N) is 2. The third-order valence-corrected chi connectivity index (χ3v) is 2.17. The summed E-state index contributed by atoms with van der Waals surface area (Å²) in [6.07, 6.45) is 0.745. The van der Waals surface area contributed by atoms with Crippen LogP contribution in [0.1, 0.15) is 26.2 Å². The molecule has 1 aromatic heterocycles. The minimum Gasteiger partial charge on any atom is -0.408 e. The summed E-state index contributed by atoms with van der Waals surface area (Å²) in [5.41, 5.74) is 5.55. The zero-order valence-electron chi connectivity index (χ0n) is 9.86. The summed E-state index contributed by atoms with van der Waals surface area (Å²) in [4.78, 5) is 11.8. The van der Waals surface area contributed by atoms with Gasteiger partial charge in [-0.1, -0.05) is 18.9 Å². The lowest BCUT2D eigenvalue weighted by molar-refractivity contribution is -0.120. The summed E-state index contributed by atoms with van der Waals surface area (Å²) < 4.78 is 5.06. The van der Waals surface area contributed by atoms with Crippen molar-refractivity contribution < 1.29 is 9.21 Å². The molecule has 0 aliphatic heterocycles. The van der Waals surface area contributed by atoms with Gasteiger partial charge >= 0.3 is 6.01 Å². The Balaban J connectivity index is 2.55. The quantitative estimate of drug-likeness (QED) is 0.779. The summed E-state index contributed by atoms with van der Waals surface area (Å²) in [6, 6.07) is 0.129. The monoisotopic (exact) mass is 226 g/mol. The average molecular weight is 226 g/mol. The van der Waals surface area contributed by atoms with Gasteiger partial charge in [-0.15, -0.1) is 5.10 Å². The van der Waals surface area contributed by atoms with Crippen molar-refractivity contribution in [2.75, 3.05) is 11.9 Å². The van der Waals surface area contributed by atoms with Crippen molar-refractivity contribution >= 4 is 11.9 Å². The Morgan fingerprint density at radius 2 is 2.19 bits per heavy atom. The van der Waals surface area contributed by atoms with Crippen LogP contribution in [0.5, 0.6) is 0 Å². The molecule has 6 heteroatoms. The number of rotatable bonds is 5. The number of hydrogen-bond acceptors (Lipinski definition) is 5. The molecule has 0 radical (unpaired) electrons. The minimum absolute atomic E-state index is 0.129. The third kappa shape index (κ3) is 3.62. The Bertz CT molecular complexity index is 348. The Labute approximate surface area is 94.6 Å². The first-order valence-electron chi connectivity index (χ1n) is 5.34. The number of carbonyl (C=O) groups is 1. The fraction of sp³-hybridized carbons (Fsp3) is 0.700. The molecule has 0 bridgehead atoms. The van der Waals surface area contributed by atoms with Crippen molar-refractivity contribution in [3.63, 3.8) is 0 Å². The number of anilines is 1. The molecule has 16 heavy (non-hydrogen) atoms. The van der Waals surface area contributed by atoms with Gasteiger partial charge in [0.05, 0.1) is 5.92 Å². The molecule has 0 fully saturated rings. The van der Waals surface area contributed by atoms with E-state index in [1.54, 1.807) is 6.92 Å². The van der Waals surface area contributed by atoms with Crippen molar-refractivity contribution in [2.24, 2.45) is 17.6 Å². The first-order chi connectivity index (χ1) is 7.52. The molecule has 1 rings (SSSR count). The molecule has 6 nitrogen and oxygen atoms in total. The Morgan fingerprint density at radius 3 is 2.62 bits per heavy atom. The van der Waals surface area contributed by atoms with Crippen LogP contribution in [0.25, 0.3) is 0 Å². The van der Waals surface area contributed by atoms with Crippen LogP contribution < -0.4 is 11.1 Å². The molecule has 0 spiro atoms. The molecule has 1 amide bonds. The van der Waals surface area contributed by atoms with E-state index in [0.717, 1.165) is 6.42 Å². The number of nitrogens with two attached hydrogens (primary N) is 1. The topological polar surface area (TPSA) is 94.0 Å². The number of nitrogens with one attached hydrogen (secondary N) is 1. The maximum Gasteiger partial charge on any atom is 0.322 e. The molecule has 90 valence electrons. The average Bonchev–Trinajstić information content (AvgIpc) is 2.60. The van der Waals surface area contributed by atoms with Gasteiger partial charge in [-0.05, 0) is 12.3 Å². The van der Waals surface area contributed by atoms with E-state index in [0.29, 0.717) is 18.4 Å². The van der Waals surface area contributed by atoms with Crippen molar-refractivity contribution in [1.82, 2.24) is 10.2 Å². The highest BCUT2D eigenvalue weighted by Crippen LogP contribution is 2.13. The number of aryl methyl sites for hydroxylation is 1. The SMILES string of the molecule is Cc1nnc(NC(=O)C(CN)CC(C)C)o1. The van der Waals surface area contributed by atoms with Crippen LogP contribution in [0.3, 0.4) is 0 Å². The summed E-state index contributed by atoms with van der Waals surface area (Å²) in [7, 11) is 0. The Kier molecular flexibility index (Phi) is 4.42. The molecule has 0 aliphatic carbocycles. The van der Waals surface area contributed by atoms with Gasteiger partial charge in [-0.2, -0.15) is 0 Å². The molecule has 0 saturated heterocycles. The number of hydrogen-bond donors (Lipinski definition) is 2. The largest absolute Gasteiger partial charge is 0.408 e. The van der Waals surface area contributed by atoms with Gasteiger partial charge in [0, 0.05) is 13.5 Å². The lowest BCUT2D eigenvalue weighted by atomic mass is 9.96. The van der Waals surface area contributed by atoms with Crippen LogP contribution in [-0.2, 0) is 4.79 Å². The highest BCUT2D eigenvalue weighted by atomic mass is 16.4. The molecule has 3 N–H and O–H groups in total. The minimum atomic E-state index is -0.216. The number of amides is 1. The van der Waals surface area contributed by atoms with Crippen LogP contribution in [0.4, 0.5) is 6.01 Å². The van der Waals surface area contributed by atoms with Gasteiger partial charge < -0.3 is 10.2 Å². The first kappa shape index (κ1) is 12.6. The van der Waals surface area contributed by atoms with Crippen LogP contribution in [0.15, 0.2) is 4.42 Å². The molecule has 0 aromatic carbocycles. The fourth-order valence-corrected chi connectivity index (χ4v) is 1.43. The lowest BCUT2D eigenvalue weighted by Gasteiger charge is -2.14. The summed E-state index contributed by atoms with van der Waals surface area (Å²) >= 11 is 0. The number of aromatic nitrogens is 2. The van der Waals surface area contributed by atoms with Gasteiger partial charge in [0.15, 0.2) is 0 Å². The number of carbonyl (C=O) groups excluding carboxylic acids is 1. The van der Waals surface area contributed by atoms with Gasteiger partial charge in [-0.3, -0.25) is 10.1 Å². The van der Waals surface area contributed by atoms with Gasteiger partial charge in [0.25, 0.3) is 0 Å². The molecule has 0 saturated carbocycles.